The minimum Gasteiger partial charge on any atom is -0.354 e. The lowest BCUT2D eigenvalue weighted by atomic mass is 9.48. The summed E-state index contributed by atoms with van der Waals surface area (Å²) in [5.74, 6) is 1.69. The van der Waals surface area contributed by atoms with E-state index >= 15 is 0 Å². The Kier molecular flexibility index (Phi) is 10.5. The summed E-state index contributed by atoms with van der Waals surface area (Å²) >= 11 is 6.17. The zero-order valence-electron chi connectivity index (χ0n) is 28.1. The number of carbonyl (C=O) groups is 2. The van der Waals surface area contributed by atoms with Crippen LogP contribution in [0.3, 0.4) is 0 Å². The number of amides is 2. The molecule has 1 unspecified atom stereocenters. The zero-order chi connectivity index (χ0) is 33.9. The Bertz CT molecular complexity index is 1640. The number of nitrogens with zero attached hydrogens (tertiary/aromatic N) is 2. The molecule has 9 heteroatoms. The molecule has 1 N–H and O–H groups in total. The van der Waals surface area contributed by atoms with Gasteiger partial charge in [0.15, 0.2) is 0 Å². The van der Waals surface area contributed by atoms with Gasteiger partial charge in [0.25, 0.3) is 0 Å². The second-order valence-electron chi connectivity index (χ2n) is 14.5. The molecule has 0 aliphatic heterocycles. The normalized spacial score (nSPS) is 23.4. The third-order valence-corrected chi connectivity index (χ3v) is 12.2. The summed E-state index contributed by atoms with van der Waals surface area (Å²) < 4.78 is 27.8. The Morgan fingerprint density at radius 3 is 2.04 bits per heavy atom. The maximum absolute atomic E-state index is 14.4. The first-order valence-electron chi connectivity index (χ1n) is 17.5. The van der Waals surface area contributed by atoms with Crippen LogP contribution in [0.5, 0.6) is 0 Å². The van der Waals surface area contributed by atoms with Crippen molar-refractivity contribution >= 4 is 39.1 Å². The van der Waals surface area contributed by atoms with Gasteiger partial charge in [0.05, 0.1) is 11.9 Å². The average Bonchev–Trinajstić information content (AvgIpc) is 3.05. The number of rotatable bonds is 14. The van der Waals surface area contributed by atoms with E-state index in [-0.39, 0.29) is 24.3 Å². The Morgan fingerprint density at radius 1 is 0.875 bits per heavy atom. The molecule has 48 heavy (non-hydrogen) atoms. The number of unbranched alkanes of at least 4 members (excludes halogenated alkanes) is 1. The standard InChI is InChI=1S/C39H48ClN3O4S/c1-3-4-18-41-38(45)36(22-28-8-6-5-7-9-28)42(26-29-10-14-34(40)15-11-29)37(44)27-43(48(2,46)47)35-16-12-33(13-17-35)39-23-30-19-31(24-39)21-32(20-30)25-39/h5-17,30-32,36H,3-4,18-27H2,1-2H3,(H,41,45). The number of carbonyl (C=O) groups excluding carboxylic acids is 2. The Labute approximate surface area is 291 Å². The number of hydrogen-bond donors (Lipinski definition) is 1. The highest BCUT2D eigenvalue weighted by atomic mass is 35.5. The van der Waals surface area contributed by atoms with Gasteiger partial charge in [-0.2, -0.15) is 0 Å². The molecule has 3 aromatic carbocycles. The highest BCUT2D eigenvalue weighted by Gasteiger charge is 2.51. The molecule has 1 atom stereocenters. The number of benzene rings is 3. The van der Waals surface area contributed by atoms with Crippen LogP contribution in [-0.4, -0.2) is 50.5 Å². The molecule has 4 bridgehead atoms. The predicted molar refractivity (Wildman–Crippen MR) is 192 cm³/mol. The quantitative estimate of drug-likeness (QED) is 0.183. The van der Waals surface area contributed by atoms with Crippen molar-refractivity contribution in [2.45, 2.75) is 82.7 Å². The molecule has 7 rings (SSSR count). The minimum atomic E-state index is -3.84. The van der Waals surface area contributed by atoms with Crippen molar-refractivity contribution in [3.8, 4) is 0 Å². The van der Waals surface area contributed by atoms with Crippen LogP contribution in [0.25, 0.3) is 0 Å². The van der Waals surface area contributed by atoms with Crippen LogP contribution in [0, 0.1) is 17.8 Å². The molecule has 256 valence electrons. The van der Waals surface area contributed by atoms with Crippen LogP contribution in [-0.2, 0) is 38.0 Å². The van der Waals surface area contributed by atoms with Gasteiger partial charge >= 0.3 is 0 Å². The topological polar surface area (TPSA) is 86.8 Å². The molecular weight excluding hydrogens is 642 g/mol. The van der Waals surface area contributed by atoms with E-state index in [9.17, 15) is 18.0 Å². The highest BCUT2D eigenvalue weighted by molar-refractivity contribution is 7.92. The Balaban J connectivity index is 1.29. The number of sulfonamides is 1. The van der Waals surface area contributed by atoms with Gasteiger partial charge in [0.1, 0.15) is 12.6 Å². The maximum Gasteiger partial charge on any atom is 0.244 e. The van der Waals surface area contributed by atoms with E-state index in [1.54, 1.807) is 12.1 Å². The summed E-state index contributed by atoms with van der Waals surface area (Å²) in [7, 11) is -3.84. The average molecular weight is 690 g/mol. The van der Waals surface area contributed by atoms with Crippen molar-refractivity contribution in [3.63, 3.8) is 0 Å². The van der Waals surface area contributed by atoms with E-state index in [0.29, 0.717) is 17.3 Å². The summed E-state index contributed by atoms with van der Waals surface area (Å²) in [6.45, 7) is 2.25. The fourth-order valence-corrected chi connectivity index (χ4v) is 9.88. The summed E-state index contributed by atoms with van der Waals surface area (Å²) in [5.41, 5.74) is 3.63. The van der Waals surface area contributed by atoms with Crippen molar-refractivity contribution in [2.75, 3.05) is 23.7 Å². The van der Waals surface area contributed by atoms with Crippen molar-refractivity contribution in [1.82, 2.24) is 10.2 Å². The van der Waals surface area contributed by atoms with Gasteiger partial charge in [-0.25, -0.2) is 8.42 Å². The van der Waals surface area contributed by atoms with Gasteiger partial charge in [-0.1, -0.05) is 79.5 Å². The van der Waals surface area contributed by atoms with Gasteiger partial charge in [0.2, 0.25) is 21.8 Å². The predicted octanol–water partition coefficient (Wildman–Crippen LogP) is 7.13. The third kappa shape index (κ3) is 7.92. The molecule has 0 radical (unpaired) electrons. The lowest BCUT2D eigenvalue weighted by Gasteiger charge is -2.57. The molecule has 0 saturated heterocycles. The van der Waals surface area contributed by atoms with Crippen molar-refractivity contribution in [3.05, 3.63) is 101 Å². The van der Waals surface area contributed by atoms with E-state index in [2.05, 4.69) is 24.4 Å². The van der Waals surface area contributed by atoms with Gasteiger partial charge in [0, 0.05) is 24.5 Å². The van der Waals surface area contributed by atoms with Crippen LogP contribution >= 0.6 is 11.6 Å². The monoisotopic (exact) mass is 689 g/mol. The van der Waals surface area contributed by atoms with E-state index < -0.39 is 28.5 Å². The molecule has 0 spiro atoms. The maximum atomic E-state index is 14.4. The Hall–Kier alpha value is -3.36. The van der Waals surface area contributed by atoms with E-state index in [4.69, 9.17) is 11.6 Å². The summed E-state index contributed by atoms with van der Waals surface area (Å²) in [5, 5.41) is 3.59. The van der Waals surface area contributed by atoms with Crippen molar-refractivity contribution < 1.29 is 18.0 Å². The lowest BCUT2D eigenvalue weighted by molar-refractivity contribution is -0.140. The second-order valence-corrected chi connectivity index (χ2v) is 16.9. The Morgan fingerprint density at radius 2 is 1.48 bits per heavy atom. The number of halogens is 1. The largest absolute Gasteiger partial charge is 0.354 e. The fraction of sp³-hybridized carbons (Fsp3) is 0.487. The SMILES string of the molecule is CCCCNC(=O)C(Cc1ccccc1)N(Cc1ccc(Cl)cc1)C(=O)CN(c1ccc(C23CC4CC(CC(C4)C2)C3)cc1)S(C)(=O)=O. The molecule has 4 aliphatic rings. The first-order valence-corrected chi connectivity index (χ1v) is 19.7. The van der Waals surface area contributed by atoms with Crippen LogP contribution < -0.4 is 9.62 Å². The van der Waals surface area contributed by atoms with Gasteiger partial charge in [-0.3, -0.25) is 13.9 Å². The van der Waals surface area contributed by atoms with Gasteiger partial charge in [-0.05, 0) is 109 Å². The van der Waals surface area contributed by atoms with Crippen LogP contribution in [0.4, 0.5) is 5.69 Å². The smallest absolute Gasteiger partial charge is 0.244 e. The minimum absolute atomic E-state index is 0.122. The van der Waals surface area contributed by atoms with E-state index in [1.807, 2.05) is 54.6 Å². The highest BCUT2D eigenvalue weighted by Crippen LogP contribution is 2.60. The lowest BCUT2D eigenvalue weighted by Crippen LogP contribution is -2.53. The molecule has 0 aromatic heterocycles. The fourth-order valence-electron chi connectivity index (χ4n) is 8.91. The molecule has 4 fully saturated rings. The molecule has 3 aromatic rings. The molecular formula is C39H48ClN3O4S. The molecule has 0 heterocycles. The molecule has 4 aliphatic carbocycles. The third-order valence-electron chi connectivity index (χ3n) is 10.9. The summed E-state index contributed by atoms with van der Waals surface area (Å²) in [6.07, 6.45) is 10.9. The molecule has 7 nitrogen and oxygen atoms in total. The number of hydrogen-bond acceptors (Lipinski definition) is 4. The summed E-state index contributed by atoms with van der Waals surface area (Å²) in [6, 6.07) is 23.8. The first kappa shape index (κ1) is 34.5. The van der Waals surface area contributed by atoms with Crippen LogP contribution in [0.1, 0.15) is 75.0 Å². The van der Waals surface area contributed by atoms with Crippen molar-refractivity contribution in [1.29, 1.82) is 0 Å². The molecule has 2 amide bonds. The van der Waals surface area contributed by atoms with Gasteiger partial charge in [-0.15, -0.1) is 0 Å². The van der Waals surface area contributed by atoms with Gasteiger partial charge < -0.3 is 10.2 Å². The van der Waals surface area contributed by atoms with E-state index in [0.717, 1.165) is 48.0 Å². The summed E-state index contributed by atoms with van der Waals surface area (Å²) in [4.78, 5) is 29.8. The number of nitrogens with one attached hydrogen (secondary N) is 1. The van der Waals surface area contributed by atoms with E-state index in [1.165, 1.54) is 53.3 Å². The second kappa shape index (κ2) is 14.6. The van der Waals surface area contributed by atoms with Crippen molar-refractivity contribution in [2.24, 2.45) is 17.8 Å². The first-order chi connectivity index (χ1) is 23.0. The van der Waals surface area contributed by atoms with Crippen LogP contribution in [0.2, 0.25) is 5.02 Å². The zero-order valence-corrected chi connectivity index (χ0v) is 29.7. The molecule has 4 saturated carbocycles. The number of anilines is 1. The van der Waals surface area contributed by atoms with Crippen LogP contribution in [0.15, 0.2) is 78.9 Å².